The van der Waals surface area contributed by atoms with Gasteiger partial charge in [-0.2, -0.15) is 13.2 Å². The number of carbonyl (C=O) groups is 2. The number of hydrogen-bond donors (Lipinski definition) is 0. The van der Waals surface area contributed by atoms with Crippen LogP contribution in [0, 0.1) is 5.92 Å². The van der Waals surface area contributed by atoms with Gasteiger partial charge in [0.15, 0.2) is 0 Å². The lowest BCUT2D eigenvalue weighted by molar-refractivity contribution is -0.138. The molecule has 1 amide bonds. The first-order valence-corrected chi connectivity index (χ1v) is 9.79. The number of amides is 1. The molecule has 0 N–H and O–H groups in total. The predicted molar refractivity (Wildman–Crippen MR) is 104 cm³/mol. The Morgan fingerprint density at radius 2 is 1.86 bits per heavy atom. The molecule has 0 spiro atoms. The van der Waals surface area contributed by atoms with E-state index in [1.165, 1.54) is 11.0 Å². The fourth-order valence-corrected chi connectivity index (χ4v) is 4.02. The third-order valence-corrected chi connectivity index (χ3v) is 5.77. The minimum absolute atomic E-state index is 0.178. The Hall–Kier alpha value is -2.15. The molecule has 7 heteroatoms. The Labute approximate surface area is 169 Å². The van der Waals surface area contributed by atoms with E-state index in [1.54, 1.807) is 6.92 Å². The number of nitrogens with zero attached hydrogens (tertiary/aromatic N) is 1. The maximum absolute atomic E-state index is 13.1. The highest BCUT2D eigenvalue weighted by Gasteiger charge is 2.37. The van der Waals surface area contributed by atoms with Crippen molar-refractivity contribution in [3.8, 4) is 0 Å². The third-order valence-electron chi connectivity index (χ3n) is 4.99. The van der Waals surface area contributed by atoms with Crippen LogP contribution < -0.4 is 4.90 Å². The average molecular weight is 454 g/mol. The number of aryl methyl sites for hydroxylation is 1. The highest BCUT2D eigenvalue weighted by molar-refractivity contribution is 9.10. The van der Waals surface area contributed by atoms with Crippen LogP contribution in [0.15, 0.2) is 46.9 Å². The van der Waals surface area contributed by atoms with Crippen LogP contribution in [0.4, 0.5) is 18.9 Å². The van der Waals surface area contributed by atoms with Gasteiger partial charge in [-0.1, -0.05) is 34.1 Å². The van der Waals surface area contributed by atoms with E-state index in [0.29, 0.717) is 18.5 Å². The van der Waals surface area contributed by atoms with E-state index in [-0.39, 0.29) is 30.2 Å². The first-order valence-electron chi connectivity index (χ1n) is 9.00. The highest BCUT2D eigenvalue weighted by atomic mass is 79.9. The van der Waals surface area contributed by atoms with E-state index in [4.69, 9.17) is 0 Å². The van der Waals surface area contributed by atoms with Crippen LogP contribution >= 0.6 is 15.9 Å². The lowest BCUT2D eigenvalue weighted by Gasteiger charge is -2.24. The standard InChI is InChI=1S/C21H19BrF3NO2/c1-2-26-18-10-8-15(21(23,24)25)11-14(18)12-19(27)16(20(26)28)9-7-13-5-3-4-6-17(13)22/h3-6,8,10-11,16H,2,7,9,12H2,1H3. The van der Waals surface area contributed by atoms with Crippen LogP contribution in [0.1, 0.15) is 30.0 Å². The van der Waals surface area contributed by atoms with Crippen molar-refractivity contribution in [1.29, 1.82) is 0 Å². The van der Waals surface area contributed by atoms with Gasteiger partial charge in [0.1, 0.15) is 5.78 Å². The van der Waals surface area contributed by atoms with Gasteiger partial charge >= 0.3 is 6.18 Å². The second-order valence-corrected chi connectivity index (χ2v) is 7.60. The molecule has 2 aromatic rings. The van der Waals surface area contributed by atoms with Crippen molar-refractivity contribution in [2.24, 2.45) is 5.92 Å². The summed E-state index contributed by atoms with van der Waals surface area (Å²) >= 11 is 3.46. The number of Topliss-reactive ketones (excluding diaryl/α,β-unsaturated/α-hetero) is 1. The summed E-state index contributed by atoms with van der Waals surface area (Å²) in [5.74, 6) is -1.56. The Morgan fingerprint density at radius 1 is 1.14 bits per heavy atom. The molecule has 3 nitrogen and oxygen atoms in total. The SMILES string of the molecule is CCN1C(=O)C(CCc2ccccc2Br)C(=O)Cc2cc(C(F)(F)F)ccc21. The summed E-state index contributed by atoms with van der Waals surface area (Å²) in [6.45, 7) is 2.04. The molecule has 0 aliphatic carbocycles. The first kappa shape index (κ1) is 20.6. The molecular formula is C21H19BrF3NO2. The summed E-state index contributed by atoms with van der Waals surface area (Å²) < 4.78 is 40.1. The summed E-state index contributed by atoms with van der Waals surface area (Å²) in [7, 11) is 0. The molecule has 2 aromatic carbocycles. The summed E-state index contributed by atoms with van der Waals surface area (Å²) in [4.78, 5) is 27.2. The van der Waals surface area contributed by atoms with Crippen molar-refractivity contribution in [3.63, 3.8) is 0 Å². The molecule has 0 saturated carbocycles. The quantitative estimate of drug-likeness (QED) is 0.596. The van der Waals surface area contributed by atoms with Crippen LogP contribution in [0.5, 0.6) is 0 Å². The van der Waals surface area contributed by atoms with Gasteiger partial charge in [0.25, 0.3) is 0 Å². The van der Waals surface area contributed by atoms with E-state index < -0.39 is 17.7 Å². The molecular weight excluding hydrogens is 435 g/mol. The molecule has 1 aliphatic heterocycles. The molecule has 0 bridgehead atoms. The molecule has 1 unspecified atom stereocenters. The fourth-order valence-electron chi connectivity index (χ4n) is 3.53. The Bertz CT molecular complexity index is 911. The van der Waals surface area contributed by atoms with E-state index in [0.717, 1.165) is 22.2 Å². The average Bonchev–Trinajstić information content (AvgIpc) is 2.73. The molecule has 3 rings (SSSR count). The van der Waals surface area contributed by atoms with Gasteiger partial charge in [0, 0.05) is 23.1 Å². The topological polar surface area (TPSA) is 37.4 Å². The zero-order valence-corrected chi connectivity index (χ0v) is 16.8. The number of anilines is 1. The monoisotopic (exact) mass is 453 g/mol. The largest absolute Gasteiger partial charge is 0.416 e. The molecule has 1 atom stereocenters. The lowest BCUT2D eigenvalue weighted by atomic mass is 9.92. The van der Waals surface area contributed by atoms with Crippen molar-refractivity contribution < 1.29 is 22.8 Å². The molecule has 0 radical (unpaired) electrons. The highest BCUT2D eigenvalue weighted by Crippen LogP contribution is 2.36. The predicted octanol–water partition coefficient (Wildman–Crippen LogP) is 5.20. The van der Waals surface area contributed by atoms with Gasteiger partial charge in [0.05, 0.1) is 11.5 Å². The Morgan fingerprint density at radius 3 is 2.50 bits per heavy atom. The zero-order valence-electron chi connectivity index (χ0n) is 15.2. The van der Waals surface area contributed by atoms with Crippen LogP contribution in [0.3, 0.4) is 0 Å². The molecule has 0 fully saturated rings. The normalized spacial score (nSPS) is 17.5. The number of alkyl halides is 3. The zero-order chi connectivity index (χ0) is 20.5. The number of carbonyl (C=O) groups excluding carboxylic acids is 2. The van der Waals surface area contributed by atoms with Crippen molar-refractivity contribution in [3.05, 3.63) is 63.6 Å². The number of halogens is 4. The number of rotatable bonds is 4. The lowest BCUT2D eigenvalue weighted by Crippen LogP contribution is -2.38. The third kappa shape index (κ3) is 4.14. The van der Waals surface area contributed by atoms with Crippen LogP contribution in [-0.2, 0) is 28.6 Å². The van der Waals surface area contributed by atoms with E-state index in [9.17, 15) is 22.8 Å². The van der Waals surface area contributed by atoms with Gasteiger partial charge < -0.3 is 4.90 Å². The molecule has 1 heterocycles. The maximum atomic E-state index is 13.1. The second-order valence-electron chi connectivity index (χ2n) is 6.75. The number of hydrogen-bond acceptors (Lipinski definition) is 2. The smallest absolute Gasteiger partial charge is 0.312 e. The van der Waals surface area contributed by atoms with Crippen molar-refractivity contribution in [2.75, 3.05) is 11.4 Å². The maximum Gasteiger partial charge on any atom is 0.416 e. The molecule has 0 aromatic heterocycles. The minimum Gasteiger partial charge on any atom is -0.312 e. The van der Waals surface area contributed by atoms with Crippen molar-refractivity contribution >= 4 is 33.3 Å². The number of ketones is 1. The van der Waals surface area contributed by atoms with Crippen molar-refractivity contribution in [2.45, 2.75) is 32.4 Å². The second kappa shape index (κ2) is 8.07. The van der Waals surface area contributed by atoms with Crippen LogP contribution in [0.2, 0.25) is 0 Å². The molecule has 0 saturated heterocycles. The van der Waals surface area contributed by atoms with Gasteiger partial charge in [-0.15, -0.1) is 0 Å². The van der Waals surface area contributed by atoms with Crippen LogP contribution in [0.25, 0.3) is 0 Å². The fraction of sp³-hybridized carbons (Fsp3) is 0.333. The van der Waals surface area contributed by atoms with E-state index >= 15 is 0 Å². The van der Waals surface area contributed by atoms with Crippen molar-refractivity contribution in [1.82, 2.24) is 0 Å². The summed E-state index contributed by atoms with van der Waals surface area (Å²) in [6, 6.07) is 10.8. The molecule has 148 valence electrons. The van der Waals surface area contributed by atoms with Gasteiger partial charge in [-0.25, -0.2) is 0 Å². The minimum atomic E-state index is -4.50. The van der Waals surface area contributed by atoms with E-state index in [2.05, 4.69) is 15.9 Å². The molecule has 1 aliphatic rings. The summed E-state index contributed by atoms with van der Waals surface area (Å²) in [6.07, 6.45) is -3.84. The van der Waals surface area contributed by atoms with Gasteiger partial charge in [0.2, 0.25) is 5.91 Å². The summed E-state index contributed by atoms with van der Waals surface area (Å²) in [5, 5.41) is 0. The molecule has 28 heavy (non-hydrogen) atoms. The summed E-state index contributed by atoms with van der Waals surface area (Å²) in [5.41, 5.74) is 0.803. The van der Waals surface area contributed by atoms with Gasteiger partial charge in [-0.3, -0.25) is 9.59 Å². The van der Waals surface area contributed by atoms with Crippen LogP contribution in [-0.4, -0.2) is 18.2 Å². The van der Waals surface area contributed by atoms with Gasteiger partial charge in [-0.05, 0) is 55.2 Å². The number of fused-ring (bicyclic) bond motifs is 1. The first-order chi connectivity index (χ1) is 13.2. The Kier molecular flexibility index (Phi) is 5.93. The Balaban J connectivity index is 1.91. The van der Waals surface area contributed by atoms with E-state index in [1.807, 2.05) is 24.3 Å². The number of benzene rings is 2.